The number of carbonyl (C=O) groups is 1. The van der Waals surface area contributed by atoms with E-state index in [1.54, 1.807) is 11.3 Å². The number of thiophene rings is 2. The molecule has 4 rings (SSSR count). The van der Waals surface area contributed by atoms with Gasteiger partial charge in [0.15, 0.2) is 0 Å². The van der Waals surface area contributed by atoms with Crippen molar-refractivity contribution in [2.45, 2.75) is 31.8 Å². The van der Waals surface area contributed by atoms with Crippen LogP contribution in [0.3, 0.4) is 0 Å². The Labute approximate surface area is 139 Å². The zero-order valence-electron chi connectivity index (χ0n) is 12.5. The zero-order chi connectivity index (χ0) is 14.9. The molecule has 0 aromatic carbocycles. The number of hydrogen-bond acceptors (Lipinski definition) is 4. The number of hydrogen-bond donors (Lipinski definition) is 0. The number of likely N-dealkylation sites (tertiary alicyclic amines) is 1. The molecule has 1 saturated heterocycles. The van der Waals surface area contributed by atoms with Crippen LogP contribution in [-0.2, 0) is 17.8 Å². The summed E-state index contributed by atoms with van der Waals surface area (Å²) in [5, 5.41) is 6.51. The van der Waals surface area contributed by atoms with Gasteiger partial charge < -0.3 is 4.90 Å². The maximum atomic E-state index is 12.7. The Morgan fingerprint density at radius 2 is 2.23 bits per heavy atom. The Bertz CT molecular complexity index is 649. The smallest absolute Gasteiger partial charge is 0.237 e. The third-order valence-electron chi connectivity index (χ3n) is 4.79. The molecule has 0 spiro atoms. The summed E-state index contributed by atoms with van der Waals surface area (Å²) in [4.78, 5) is 18.6. The van der Waals surface area contributed by atoms with E-state index in [-0.39, 0.29) is 0 Å². The van der Waals surface area contributed by atoms with Gasteiger partial charge in [-0.3, -0.25) is 9.69 Å². The summed E-state index contributed by atoms with van der Waals surface area (Å²) in [6.45, 7) is 3.29. The highest BCUT2D eigenvalue weighted by Gasteiger charge is 2.30. The van der Waals surface area contributed by atoms with Gasteiger partial charge in [0.2, 0.25) is 5.91 Å². The molecular formula is C17H20N2OS2. The summed E-state index contributed by atoms with van der Waals surface area (Å²) < 4.78 is 0. The number of fused-ring (bicyclic) bond motifs is 1. The summed E-state index contributed by atoms with van der Waals surface area (Å²) in [5.41, 5.74) is 2.73. The standard InChI is InChI=1S/C17H20N2OS2/c20-17(19-7-3-16-13(10-19)5-9-22-16)11-18-6-1-2-15(18)14-4-8-21-12-14/h4-5,8-9,12,15H,1-3,6-7,10-11H2. The molecule has 2 aromatic rings. The largest absolute Gasteiger partial charge is 0.337 e. The van der Waals surface area contributed by atoms with E-state index in [4.69, 9.17) is 0 Å². The van der Waals surface area contributed by atoms with E-state index in [2.05, 4.69) is 33.2 Å². The van der Waals surface area contributed by atoms with Gasteiger partial charge in [0.1, 0.15) is 0 Å². The van der Waals surface area contributed by atoms with E-state index in [0.29, 0.717) is 18.5 Å². The molecule has 0 aliphatic carbocycles. The number of amides is 1. The van der Waals surface area contributed by atoms with Gasteiger partial charge in [-0.25, -0.2) is 0 Å². The van der Waals surface area contributed by atoms with Crippen LogP contribution in [0.5, 0.6) is 0 Å². The van der Waals surface area contributed by atoms with Gasteiger partial charge >= 0.3 is 0 Å². The van der Waals surface area contributed by atoms with Crippen molar-refractivity contribution >= 4 is 28.6 Å². The first-order valence-corrected chi connectivity index (χ1v) is 9.72. The fraction of sp³-hybridized carbons (Fsp3) is 0.471. The second-order valence-corrected chi connectivity index (χ2v) is 7.90. The van der Waals surface area contributed by atoms with E-state index >= 15 is 0 Å². The average molecular weight is 332 g/mol. The van der Waals surface area contributed by atoms with Crippen molar-refractivity contribution in [1.29, 1.82) is 0 Å². The first-order valence-electron chi connectivity index (χ1n) is 7.90. The molecule has 22 heavy (non-hydrogen) atoms. The summed E-state index contributed by atoms with van der Waals surface area (Å²) in [6, 6.07) is 4.82. The molecular weight excluding hydrogens is 312 g/mol. The molecule has 2 aliphatic rings. The lowest BCUT2D eigenvalue weighted by Crippen LogP contribution is -2.42. The normalized spacial score (nSPS) is 22.0. The molecule has 0 radical (unpaired) electrons. The number of carbonyl (C=O) groups excluding carboxylic acids is 1. The van der Waals surface area contributed by atoms with Gasteiger partial charge in [0.05, 0.1) is 6.54 Å². The molecule has 0 bridgehead atoms. The van der Waals surface area contributed by atoms with Crippen LogP contribution in [0.15, 0.2) is 28.3 Å². The third-order valence-corrected chi connectivity index (χ3v) is 6.51. The molecule has 3 nitrogen and oxygen atoms in total. The van der Waals surface area contributed by atoms with Crippen LogP contribution in [0.1, 0.15) is 34.9 Å². The summed E-state index contributed by atoms with van der Waals surface area (Å²) in [7, 11) is 0. The van der Waals surface area contributed by atoms with Crippen molar-refractivity contribution in [3.63, 3.8) is 0 Å². The van der Waals surface area contributed by atoms with Crippen molar-refractivity contribution in [3.05, 3.63) is 44.3 Å². The van der Waals surface area contributed by atoms with E-state index in [1.807, 2.05) is 16.2 Å². The van der Waals surface area contributed by atoms with Crippen molar-refractivity contribution in [2.75, 3.05) is 19.6 Å². The number of rotatable bonds is 3. The highest BCUT2D eigenvalue weighted by molar-refractivity contribution is 7.10. The summed E-state index contributed by atoms with van der Waals surface area (Å²) in [6.07, 6.45) is 3.40. The van der Waals surface area contributed by atoms with Crippen molar-refractivity contribution in [1.82, 2.24) is 9.80 Å². The maximum Gasteiger partial charge on any atom is 0.237 e. The predicted octanol–water partition coefficient (Wildman–Crippen LogP) is 3.53. The van der Waals surface area contributed by atoms with E-state index in [9.17, 15) is 4.79 Å². The van der Waals surface area contributed by atoms with Gasteiger partial charge in [-0.15, -0.1) is 11.3 Å². The zero-order valence-corrected chi connectivity index (χ0v) is 14.2. The molecule has 1 unspecified atom stereocenters. The SMILES string of the molecule is O=C(CN1CCCC1c1ccsc1)N1CCc2sccc2C1. The van der Waals surface area contributed by atoms with Gasteiger partial charge in [0.25, 0.3) is 0 Å². The minimum atomic E-state index is 0.291. The Balaban J connectivity index is 1.42. The fourth-order valence-electron chi connectivity index (χ4n) is 3.59. The van der Waals surface area contributed by atoms with Crippen LogP contribution in [0.2, 0.25) is 0 Å². The van der Waals surface area contributed by atoms with Crippen molar-refractivity contribution in [2.24, 2.45) is 0 Å². The molecule has 4 heterocycles. The fourth-order valence-corrected chi connectivity index (χ4v) is 5.19. The van der Waals surface area contributed by atoms with Crippen molar-refractivity contribution in [3.8, 4) is 0 Å². The number of nitrogens with zero attached hydrogens (tertiary/aromatic N) is 2. The topological polar surface area (TPSA) is 23.6 Å². The highest BCUT2D eigenvalue weighted by atomic mass is 32.1. The lowest BCUT2D eigenvalue weighted by Gasteiger charge is -2.30. The molecule has 2 aliphatic heterocycles. The van der Waals surface area contributed by atoms with Crippen molar-refractivity contribution < 1.29 is 4.79 Å². The minimum absolute atomic E-state index is 0.291. The highest BCUT2D eigenvalue weighted by Crippen LogP contribution is 2.33. The van der Waals surface area contributed by atoms with Crippen LogP contribution in [-0.4, -0.2) is 35.3 Å². The molecule has 1 fully saturated rings. The van der Waals surface area contributed by atoms with E-state index in [0.717, 1.165) is 26.1 Å². The molecule has 1 atom stereocenters. The molecule has 0 saturated carbocycles. The molecule has 116 valence electrons. The Morgan fingerprint density at radius 3 is 3.09 bits per heavy atom. The monoisotopic (exact) mass is 332 g/mol. The van der Waals surface area contributed by atoms with Crippen LogP contribution >= 0.6 is 22.7 Å². The van der Waals surface area contributed by atoms with Gasteiger partial charge in [-0.05, 0) is 65.2 Å². The van der Waals surface area contributed by atoms with Crippen LogP contribution in [0.25, 0.3) is 0 Å². The Morgan fingerprint density at radius 1 is 1.27 bits per heavy atom. The van der Waals surface area contributed by atoms with Crippen LogP contribution in [0.4, 0.5) is 0 Å². The minimum Gasteiger partial charge on any atom is -0.337 e. The summed E-state index contributed by atoms with van der Waals surface area (Å²) in [5.74, 6) is 0.291. The third kappa shape index (κ3) is 2.73. The first-order chi connectivity index (χ1) is 10.8. The molecule has 1 amide bonds. The summed E-state index contributed by atoms with van der Waals surface area (Å²) >= 11 is 3.57. The first kappa shape index (κ1) is 14.4. The second kappa shape index (κ2) is 6.14. The molecule has 2 aromatic heterocycles. The molecule has 0 N–H and O–H groups in total. The Hall–Kier alpha value is -1.17. The Kier molecular flexibility index (Phi) is 4.03. The maximum absolute atomic E-state index is 12.7. The average Bonchev–Trinajstić information content (AvgIpc) is 3.27. The van der Waals surface area contributed by atoms with Gasteiger partial charge in [0, 0.05) is 24.0 Å². The molecule has 5 heteroatoms. The lowest BCUT2D eigenvalue weighted by molar-refractivity contribution is -0.133. The van der Waals surface area contributed by atoms with Crippen LogP contribution in [0, 0.1) is 0 Å². The van der Waals surface area contributed by atoms with Gasteiger partial charge in [-0.1, -0.05) is 0 Å². The quantitative estimate of drug-likeness (QED) is 0.858. The second-order valence-electron chi connectivity index (χ2n) is 6.12. The van der Waals surface area contributed by atoms with Crippen LogP contribution < -0.4 is 0 Å². The van der Waals surface area contributed by atoms with Gasteiger partial charge in [-0.2, -0.15) is 11.3 Å². The van der Waals surface area contributed by atoms with E-state index in [1.165, 1.54) is 28.8 Å². The predicted molar refractivity (Wildman–Crippen MR) is 91.3 cm³/mol. The van der Waals surface area contributed by atoms with E-state index < -0.39 is 0 Å². The lowest BCUT2D eigenvalue weighted by atomic mass is 10.1.